The fourth-order valence-corrected chi connectivity index (χ4v) is 3.53. The molecule has 0 amide bonds. The van der Waals surface area contributed by atoms with E-state index >= 15 is 0 Å². The van der Waals surface area contributed by atoms with E-state index in [0.29, 0.717) is 49.5 Å². The van der Waals surface area contributed by atoms with E-state index < -0.39 is 0 Å². The smallest absolute Gasteiger partial charge is 0.268 e. The lowest BCUT2D eigenvalue weighted by molar-refractivity contribution is 0.827. The van der Waals surface area contributed by atoms with Gasteiger partial charge in [-0.15, -0.1) is 11.3 Å². The number of hydrogen-bond donors (Lipinski definition) is 1. The van der Waals surface area contributed by atoms with Crippen molar-refractivity contribution in [2.24, 2.45) is 0 Å². The Morgan fingerprint density at radius 1 is 1.16 bits per heavy atom. The van der Waals surface area contributed by atoms with Gasteiger partial charge in [0, 0.05) is 7.05 Å². The van der Waals surface area contributed by atoms with Gasteiger partial charge in [0.05, 0.1) is 39.3 Å². The van der Waals surface area contributed by atoms with Gasteiger partial charge in [-0.25, -0.2) is 9.97 Å². The van der Waals surface area contributed by atoms with Crippen LogP contribution in [0.2, 0.25) is 10.0 Å². The summed E-state index contributed by atoms with van der Waals surface area (Å²) in [5, 5.41) is 2.72. The first kappa shape index (κ1) is 16.3. The highest BCUT2D eigenvalue weighted by atomic mass is 35.5. The van der Waals surface area contributed by atoms with Crippen LogP contribution in [0.5, 0.6) is 0 Å². The van der Waals surface area contributed by atoms with Gasteiger partial charge < -0.3 is 9.88 Å². The van der Waals surface area contributed by atoms with Crippen LogP contribution in [0.25, 0.3) is 21.3 Å². The van der Waals surface area contributed by atoms with Crippen LogP contribution in [-0.2, 0) is 6.54 Å². The maximum Gasteiger partial charge on any atom is 0.268 e. The maximum absolute atomic E-state index is 12.1. The number of thiophene rings is 1. The van der Waals surface area contributed by atoms with Crippen molar-refractivity contribution in [3.05, 3.63) is 56.0 Å². The minimum Gasteiger partial charge on any atom is -0.351 e. The lowest BCUT2D eigenvalue weighted by atomic mass is 10.3. The molecule has 3 heterocycles. The fraction of sp³-hybridized carbons (Fsp3) is 0.125. The number of nitrogens with one attached hydrogen (secondary N) is 1. The quantitative estimate of drug-likeness (QED) is 0.573. The number of rotatable bonds is 3. The van der Waals surface area contributed by atoms with Crippen molar-refractivity contribution in [3.8, 4) is 0 Å². The number of halogens is 2. The zero-order valence-corrected chi connectivity index (χ0v) is 15.3. The van der Waals surface area contributed by atoms with Gasteiger partial charge in [0.15, 0.2) is 0 Å². The van der Waals surface area contributed by atoms with Gasteiger partial charge in [-0.1, -0.05) is 23.2 Å². The molecular weight excluding hydrogens is 381 g/mol. The molecule has 0 aliphatic rings. The third-order valence-corrected chi connectivity index (χ3v) is 5.34. The molecule has 0 saturated heterocycles. The van der Waals surface area contributed by atoms with Crippen molar-refractivity contribution < 1.29 is 0 Å². The summed E-state index contributed by atoms with van der Waals surface area (Å²) < 4.78 is 0.628. The van der Waals surface area contributed by atoms with Crippen LogP contribution >= 0.6 is 34.5 Å². The molecule has 0 atom stereocenters. The monoisotopic (exact) mass is 391 g/mol. The van der Waals surface area contributed by atoms with Crippen molar-refractivity contribution in [1.82, 2.24) is 19.9 Å². The van der Waals surface area contributed by atoms with Gasteiger partial charge in [-0.3, -0.25) is 9.78 Å². The Balaban J connectivity index is 1.67. The first-order valence-electron chi connectivity index (χ1n) is 7.30. The van der Waals surface area contributed by atoms with Crippen molar-refractivity contribution in [2.75, 3.05) is 11.9 Å². The molecular formula is C16H11Cl2N5OS. The summed E-state index contributed by atoms with van der Waals surface area (Å²) in [7, 11) is 1.85. The van der Waals surface area contributed by atoms with Crippen molar-refractivity contribution >= 4 is 61.6 Å². The second kappa shape index (κ2) is 6.25. The summed E-state index contributed by atoms with van der Waals surface area (Å²) >= 11 is 13.4. The zero-order chi connectivity index (χ0) is 17.6. The van der Waals surface area contributed by atoms with Crippen molar-refractivity contribution in [2.45, 2.75) is 6.54 Å². The number of anilines is 1. The molecule has 4 aromatic rings. The average Bonchev–Trinajstić information content (AvgIpc) is 3.04. The predicted octanol–water partition coefficient (Wildman–Crippen LogP) is 3.87. The number of aromatic nitrogens is 4. The first-order valence-corrected chi connectivity index (χ1v) is 8.94. The Kier molecular flexibility index (Phi) is 4.07. The Morgan fingerprint density at radius 3 is 2.72 bits per heavy atom. The fourth-order valence-electron chi connectivity index (χ4n) is 2.48. The molecule has 0 fully saturated rings. The predicted molar refractivity (Wildman–Crippen MR) is 102 cm³/mol. The van der Waals surface area contributed by atoms with Gasteiger partial charge in [0.2, 0.25) is 0 Å². The summed E-state index contributed by atoms with van der Waals surface area (Å²) in [6.07, 6.45) is 1.65. The lowest BCUT2D eigenvalue weighted by Gasteiger charge is -2.17. The SMILES string of the molecule is CN(Cc1nc2ccsc2c(=O)[nH]1)c1cnc2cc(Cl)c(Cl)cc2n1. The third kappa shape index (κ3) is 3.06. The number of hydrogen-bond acceptors (Lipinski definition) is 6. The van der Waals surface area contributed by atoms with E-state index in [1.807, 2.05) is 23.4 Å². The van der Waals surface area contributed by atoms with Gasteiger partial charge in [0.1, 0.15) is 16.3 Å². The van der Waals surface area contributed by atoms with Crippen LogP contribution < -0.4 is 10.5 Å². The second-order valence-electron chi connectivity index (χ2n) is 5.49. The molecule has 6 nitrogen and oxygen atoms in total. The minimum atomic E-state index is -0.130. The average molecular weight is 392 g/mol. The van der Waals surface area contributed by atoms with E-state index in [9.17, 15) is 4.79 Å². The summed E-state index contributed by atoms with van der Waals surface area (Å²) in [5.74, 6) is 1.20. The molecule has 0 saturated carbocycles. The van der Waals surface area contributed by atoms with E-state index in [1.165, 1.54) is 11.3 Å². The van der Waals surface area contributed by atoms with Crippen LogP contribution in [0.3, 0.4) is 0 Å². The van der Waals surface area contributed by atoms with Gasteiger partial charge in [-0.05, 0) is 23.6 Å². The van der Waals surface area contributed by atoms with E-state index in [-0.39, 0.29) is 5.56 Å². The lowest BCUT2D eigenvalue weighted by Crippen LogP contribution is -2.22. The standard InChI is InChI=1S/C16H11Cl2N5OS/c1-23(7-13-20-10-2-3-25-15(10)16(24)22-13)14-6-19-11-4-8(17)9(18)5-12(11)21-14/h2-6H,7H2,1H3,(H,20,22,24). The molecule has 0 radical (unpaired) electrons. The van der Waals surface area contributed by atoms with Gasteiger partial charge in [0.25, 0.3) is 5.56 Å². The van der Waals surface area contributed by atoms with E-state index in [0.717, 1.165) is 0 Å². The highest BCUT2D eigenvalue weighted by Gasteiger charge is 2.11. The Morgan fingerprint density at radius 2 is 1.92 bits per heavy atom. The van der Waals surface area contributed by atoms with Crippen LogP contribution in [0.1, 0.15) is 5.82 Å². The number of nitrogens with zero attached hydrogens (tertiary/aromatic N) is 4. The largest absolute Gasteiger partial charge is 0.351 e. The summed E-state index contributed by atoms with van der Waals surface area (Å²) in [4.78, 5) is 30.1. The summed E-state index contributed by atoms with van der Waals surface area (Å²) in [5.41, 5.74) is 1.88. The number of H-pyrrole nitrogens is 1. The maximum atomic E-state index is 12.1. The Bertz CT molecular complexity index is 1160. The van der Waals surface area contributed by atoms with Crippen molar-refractivity contribution in [3.63, 3.8) is 0 Å². The van der Waals surface area contributed by atoms with Gasteiger partial charge in [-0.2, -0.15) is 0 Å². The molecule has 25 heavy (non-hydrogen) atoms. The van der Waals surface area contributed by atoms with Crippen LogP contribution in [0, 0.1) is 0 Å². The highest BCUT2D eigenvalue weighted by molar-refractivity contribution is 7.17. The van der Waals surface area contributed by atoms with Gasteiger partial charge >= 0.3 is 0 Å². The Labute approximate surface area is 156 Å². The van der Waals surface area contributed by atoms with Crippen molar-refractivity contribution in [1.29, 1.82) is 0 Å². The number of aromatic amines is 1. The van der Waals surface area contributed by atoms with Crippen LogP contribution in [0.4, 0.5) is 5.82 Å². The number of benzene rings is 1. The molecule has 126 valence electrons. The van der Waals surface area contributed by atoms with Crippen LogP contribution in [-0.4, -0.2) is 27.0 Å². The second-order valence-corrected chi connectivity index (χ2v) is 7.22. The minimum absolute atomic E-state index is 0.130. The summed E-state index contributed by atoms with van der Waals surface area (Å²) in [6.45, 7) is 0.391. The molecule has 1 aromatic carbocycles. The molecule has 9 heteroatoms. The molecule has 1 N–H and O–H groups in total. The normalized spacial score (nSPS) is 11.3. The first-order chi connectivity index (χ1) is 12.0. The topological polar surface area (TPSA) is 74.8 Å². The van der Waals surface area contributed by atoms with E-state index in [2.05, 4.69) is 19.9 Å². The van der Waals surface area contributed by atoms with Crippen LogP contribution in [0.15, 0.2) is 34.6 Å². The molecule has 3 aromatic heterocycles. The van der Waals surface area contributed by atoms with E-state index in [4.69, 9.17) is 23.2 Å². The van der Waals surface area contributed by atoms with E-state index in [1.54, 1.807) is 18.3 Å². The third-order valence-electron chi connectivity index (χ3n) is 3.71. The highest BCUT2D eigenvalue weighted by Crippen LogP contribution is 2.27. The molecule has 0 aliphatic carbocycles. The molecule has 0 spiro atoms. The molecule has 0 unspecified atom stereocenters. The molecule has 0 aliphatic heterocycles. The Hall–Kier alpha value is -2.22. The summed E-state index contributed by atoms with van der Waals surface area (Å²) in [6, 6.07) is 5.20. The molecule has 0 bridgehead atoms. The molecule has 4 rings (SSSR count). The zero-order valence-electron chi connectivity index (χ0n) is 13.0. The number of fused-ring (bicyclic) bond motifs is 2.